The number of aliphatic hydroxyl groups is 1. The van der Waals surface area contributed by atoms with E-state index in [1.807, 2.05) is 0 Å². The van der Waals surface area contributed by atoms with Gasteiger partial charge in [0.2, 0.25) is 0 Å². The summed E-state index contributed by atoms with van der Waals surface area (Å²) in [6, 6.07) is 0. The maximum Gasteiger partial charge on any atom is 0.308 e. The molecule has 0 fully saturated rings. The normalized spacial score (nSPS) is 15.6. The zero-order valence-corrected chi connectivity index (χ0v) is 11.1. The minimum atomic E-state index is -0.658. The van der Waals surface area contributed by atoms with Gasteiger partial charge in [0.15, 0.2) is 0 Å². The summed E-state index contributed by atoms with van der Waals surface area (Å²) in [5.41, 5.74) is -0.500. The Hall–Kier alpha value is -0.320. The highest BCUT2D eigenvalue weighted by atomic mass is 35.5. The molecule has 1 N–H and O–H groups in total. The number of halogens is 1. The molecule has 16 heavy (non-hydrogen) atoms. The van der Waals surface area contributed by atoms with E-state index in [0.717, 1.165) is 0 Å². The van der Waals surface area contributed by atoms with Gasteiger partial charge in [-0.25, -0.2) is 0 Å². The van der Waals surface area contributed by atoms with Gasteiger partial charge >= 0.3 is 5.97 Å². The minimum Gasteiger partial charge on any atom is -0.460 e. The Kier molecular flexibility index (Phi) is 6.95. The Morgan fingerprint density at radius 3 is 2.38 bits per heavy atom. The third-order valence-electron chi connectivity index (χ3n) is 1.86. The molecule has 5 heteroatoms. The van der Waals surface area contributed by atoms with Gasteiger partial charge in [-0.15, -0.1) is 11.6 Å². The van der Waals surface area contributed by atoms with Crippen molar-refractivity contribution in [3.8, 4) is 0 Å². The van der Waals surface area contributed by atoms with Crippen LogP contribution in [0.1, 0.15) is 33.6 Å². The van der Waals surface area contributed by atoms with Gasteiger partial charge in [-0.3, -0.25) is 4.79 Å². The van der Waals surface area contributed by atoms with Gasteiger partial charge in [0.05, 0.1) is 18.6 Å². The predicted octanol–water partition coefficient (Wildman–Crippen LogP) is 1.72. The topological polar surface area (TPSA) is 55.8 Å². The molecule has 0 spiro atoms. The number of aliphatic hydroxyl groups excluding tert-OH is 1. The molecule has 0 radical (unpaired) electrons. The molecule has 0 bridgehead atoms. The highest BCUT2D eigenvalue weighted by Crippen LogP contribution is 2.13. The van der Waals surface area contributed by atoms with Crippen molar-refractivity contribution in [2.75, 3.05) is 13.0 Å². The van der Waals surface area contributed by atoms with Crippen molar-refractivity contribution in [1.82, 2.24) is 0 Å². The summed E-state index contributed by atoms with van der Waals surface area (Å²) in [6.07, 6.45) is -0.557. The van der Waals surface area contributed by atoms with E-state index in [1.54, 1.807) is 20.8 Å². The van der Waals surface area contributed by atoms with Crippen molar-refractivity contribution in [1.29, 1.82) is 0 Å². The van der Waals surface area contributed by atoms with Gasteiger partial charge in [-0.1, -0.05) is 0 Å². The van der Waals surface area contributed by atoms with Crippen LogP contribution in [0.25, 0.3) is 0 Å². The number of esters is 1. The molecule has 0 aromatic heterocycles. The number of rotatable bonds is 6. The molecule has 96 valence electrons. The van der Waals surface area contributed by atoms with Crippen molar-refractivity contribution in [3.05, 3.63) is 0 Å². The molecule has 0 heterocycles. The smallest absolute Gasteiger partial charge is 0.308 e. The molecule has 2 atom stereocenters. The van der Waals surface area contributed by atoms with E-state index in [4.69, 9.17) is 21.1 Å². The number of carbonyl (C=O) groups excluding carboxylic acids is 1. The first-order chi connectivity index (χ1) is 7.28. The van der Waals surface area contributed by atoms with Gasteiger partial charge in [0.25, 0.3) is 0 Å². The number of ether oxygens (including phenoxy) is 2. The summed E-state index contributed by atoms with van der Waals surface area (Å²) < 4.78 is 10.2. The summed E-state index contributed by atoms with van der Waals surface area (Å²) in [4.78, 5) is 11.5. The zero-order chi connectivity index (χ0) is 12.8. The lowest BCUT2D eigenvalue weighted by Crippen LogP contribution is -2.29. The van der Waals surface area contributed by atoms with Crippen molar-refractivity contribution in [2.45, 2.75) is 51.4 Å². The minimum absolute atomic E-state index is 0.127. The molecule has 0 aliphatic rings. The largest absolute Gasteiger partial charge is 0.460 e. The predicted molar refractivity (Wildman–Crippen MR) is 62.6 cm³/mol. The van der Waals surface area contributed by atoms with Crippen LogP contribution in [-0.4, -0.2) is 41.9 Å². The Morgan fingerprint density at radius 2 is 2.00 bits per heavy atom. The number of hydrogen-bond acceptors (Lipinski definition) is 4. The van der Waals surface area contributed by atoms with Crippen LogP contribution in [0.2, 0.25) is 0 Å². The Balaban J connectivity index is 4.07. The van der Waals surface area contributed by atoms with Crippen LogP contribution in [0.4, 0.5) is 0 Å². The SMILES string of the molecule is COC(CC(=O)OC(C)(C)C)CC(O)CCl. The van der Waals surface area contributed by atoms with E-state index >= 15 is 0 Å². The maximum absolute atomic E-state index is 11.5. The van der Waals surface area contributed by atoms with Crippen LogP contribution in [0.5, 0.6) is 0 Å². The fourth-order valence-corrected chi connectivity index (χ4v) is 1.32. The van der Waals surface area contributed by atoms with Crippen LogP contribution in [0, 0.1) is 0 Å². The van der Waals surface area contributed by atoms with Gasteiger partial charge < -0.3 is 14.6 Å². The molecule has 0 saturated heterocycles. The van der Waals surface area contributed by atoms with Crippen LogP contribution in [0.3, 0.4) is 0 Å². The van der Waals surface area contributed by atoms with Crippen LogP contribution in [0.15, 0.2) is 0 Å². The summed E-state index contributed by atoms with van der Waals surface area (Å²) in [7, 11) is 1.50. The lowest BCUT2D eigenvalue weighted by atomic mass is 10.1. The van der Waals surface area contributed by atoms with Crippen LogP contribution >= 0.6 is 11.6 Å². The Bertz CT molecular complexity index is 213. The van der Waals surface area contributed by atoms with Gasteiger partial charge in [0.1, 0.15) is 5.60 Å². The van der Waals surface area contributed by atoms with Crippen molar-refractivity contribution in [2.24, 2.45) is 0 Å². The average Bonchev–Trinajstić information content (AvgIpc) is 2.13. The first-order valence-electron chi connectivity index (χ1n) is 5.27. The fourth-order valence-electron chi connectivity index (χ4n) is 1.20. The van der Waals surface area contributed by atoms with Crippen molar-refractivity contribution < 1.29 is 19.4 Å². The maximum atomic E-state index is 11.5. The lowest BCUT2D eigenvalue weighted by Gasteiger charge is -2.22. The second-order valence-corrected chi connectivity index (χ2v) is 5.00. The Labute approximate surface area is 102 Å². The monoisotopic (exact) mass is 252 g/mol. The third-order valence-corrected chi connectivity index (χ3v) is 2.22. The van der Waals surface area contributed by atoms with Gasteiger partial charge in [-0.2, -0.15) is 0 Å². The molecular weight excluding hydrogens is 232 g/mol. The first-order valence-corrected chi connectivity index (χ1v) is 5.80. The quantitative estimate of drug-likeness (QED) is 0.578. The molecule has 4 nitrogen and oxygen atoms in total. The fraction of sp³-hybridized carbons (Fsp3) is 0.909. The number of carbonyl (C=O) groups is 1. The molecular formula is C11H21ClO4. The number of alkyl halides is 1. The second-order valence-electron chi connectivity index (χ2n) is 4.69. The molecule has 0 aromatic carbocycles. The van der Waals surface area contributed by atoms with Crippen LogP contribution < -0.4 is 0 Å². The first kappa shape index (κ1) is 15.7. The highest BCUT2D eigenvalue weighted by molar-refractivity contribution is 6.18. The summed E-state index contributed by atoms with van der Waals surface area (Å²) >= 11 is 5.47. The molecule has 0 aliphatic carbocycles. The average molecular weight is 253 g/mol. The molecule has 0 aliphatic heterocycles. The molecule has 2 unspecified atom stereocenters. The molecule has 0 aromatic rings. The van der Waals surface area contributed by atoms with E-state index in [0.29, 0.717) is 6.42 Å². The highest BCUT2D eigenvalue weighted by Gasteiger charge is 2.22. The summed E-state index contributed by atoms with van der Waals surface area (Å²) in [5, 5.41) is 9.34. The van der Waals surface area contributed by atoms with Crippen molar-refractivity contribution in [3.63, 3.8) is 0 Å². The van der Waals surface area contributed by atoms with E-state index < -0.39 is 11.7 Å². The van der Waals surface area contributed by atoms with E-state index in [9.17, 15) is 9.90 Å². The third kappa shape index (κ3) is 7.91. The summed E-state index contributed by atoms with van der Waals surface area (Å²) in [6.45, 7) is 5.42. The van der Waals surface area contributed by atoms with E-state index in [-0.39, 0.29) is 24.4 Å². The van der Waals surface area contributed by atoms with Crippen molar-refractivity contribution >= 4 is 17.6 Å². The number of hydrogen-bond donors (Lipinski definition) is 1. The second kappa shape index (κ2) is 7.09. The van der Waals surface area contributed by atoms with Crippen LogP contribution in [-0.2, 0) is 14.3 Å². The van der Waals surface area contributed by atoms with E-state index in [2.05, 4.69) is 0 Å². The standard InChI is InChI=1S/C11H21ClO4/c1-11(2,3)16-10(14)6-9(15-4)5-8(13)7-12/h8-9,13H,5-7H2,1-4H3. The molecule has 0 amide bonds. The van der Waals surface area contributed by atoms with Gasteiger partial charge in [-0.05, 0) is 20.8 Å². The van der Waals surface area contributed by atoms with Gasteiger partial charge in [0, 0.05) is 19.4 Å². The van der Waals surface area contributed by atoms with E-state index in [1.165, 1.54) is 7.11 Å². The molecule has 0 saturated carbocycles. The summed E-state index contributed by atoms with van der Waals surface area (Å²) in [5.74, 6) is -0.199. The lowest BCUT2D eigenvalue weighted by molar-refractivity contribution is -0.157. The zero-order valence-electron chi connectivity index (χ0n) is 10.3. The molecule has 0 rings (SSSR count). The Morgan fingerprint density at radius 1 is 1.44 bits per heavy atom. The number of methoxy groups -OCH3 is 1.